The Kier molecular flexibility index (Phi) is 6.27. The lowest BCUT2D eigenvalue weighted by molar-refractivity contribution is 0.356. The number of hydrogen-bond donors (Lipinski definition) is 3. The van der Waals surface area contributed by atoms with Crippen LogP contribution in [0.25, 0.3) is 0 Å². The predicted molar refractivity (Wildman–Crippen MR) is 80.3 cm³/mol. The molecule has 0 radical (unpaired) electrons. The molecule has 1 aromatic rings. The first-order chi connectivity index (χ1) is 8.92. The van der Waals surface area contributed by atoms with Crippen LogP contribution in [0.3, 0.4) is 0 Å². The number of nitrogens with one attached hydrogen (secondary N) is 2. The van der Waals surface area contributed by atoms with Gasteiger partial charge in [0.1, 0.15) is 5.02 Å². The monoisotopic (exact) mass is 286 g/mol. The van der Waals surface area contributed by atoms with Gasteiger partial charge in [-0.05, 0) is 26.4 Å². The van der Waals surface area contributed by atoms with Crippen molar-refractivity contribution in [2.24, 2.45) is 11.8 Å². The molecule has 1 atom stereocenters. The van der Waals surface area contributed by atoms with Crippen molar-refractivity contribution in [3.63, 3.8) is 0 Å². The van der Waals surface area contributed by atoms with E-state index in [1.165, 1.54) is 6.20 Å². The van der Waals surface area contributed by atoms with Gasteiger partial charge >= 0.3 is 0 Å². The molecule has 4 N–H and O–H groups in total. The lowest BCUT2D eigenvalue weighted by Crippen LogP contribution is -2.34. The first-order valence-corrected chi connectivity index (χ1v) is 6.70. The number of nitrogens with zero attached hydrogens (tertiary/aromatic N) is 3. The van der Waals surface area contributed by atoms with Gasteiger partial charge in [-0.1, -0.05) is 25.4 Å². The van der Waals surface area contributed by atoms with Crippen LogP contribution in [0.15, 0.2) is 6.20 Å². The van der Waals surface area contributed by atoms with E-state index >= 15 is 0 Å². The summed E-state index contributed by atoms with van der Waals surface area (Å²) in [6.45, 7) is 5.29. The van der Waals surface area contributed by atoms with Crippen molar-refractivity contribution in [3.05, 3.63) is 11.2 Å². The van der Waals surface area contributed by atoms with Gasteiger partial charge in [0.05, 0.1) is 6.20 Å². The SMILES string of the molecule is CC(C)CC(CN(C)C)Nc1nc(NN)ncc1Cl. The third kappa shape index (κ3) is 5.59. The van der Waals surface area contributed by atoms with Gasteiger partial charge in [-0.25, -0.2) is 10.8 Å². The fourth-order valence-corrected chi connectivity index (χ4v) is 2.07. The van der Waals surface area contributed by atoms with E-state index in [4.69, 9.17) is 17.4 Å². The van der Waals surface area contributed by atoms with E-state index < -0.39 is 0 Å². The molecule has 0 aromatic carbocycles. The molecule has 0 saturated heterocycles. The van der Waals surface area contributed by atoms with Crippen LogP contribution in [0.2, 0.25) is 5.02 Å². The van der Waals surface area contributed by atoms with Gasteiger partial charge in [0.2, 0.25) is 5.95 Å². The minimum Gasteiger partial charge on any atom is -0.365 e. The van der Waals surface area contributed by atoms with Crippen LogP contribution in [-0.2, 0) is 0 Å². The number of hydrogen-bond acceptors (Lipinski definition) is 6. The number of halogens is 1. The highest BCUT2D eigenvalue weighted by molar-refractivity contribution is 6.32. The maximum Gasteiger partial charge on any atom is 0.239 e. The van der Waals surface area contributed by atoms with Crippen molar-refractivity contribution >= 4 is 23.4 Å². The lowest BCUT2D eigenvalue weighted by Gasteiger charge is -2.24. The van der Waals surface area contributed by atoms with Crippen LogP contribution < -0.4 is 16.6 Å². The minimum atomic E-state index is 0.271. The zero-order chi connectivity index (χ0) is 14.4. The maximum atomic E-state index is 6.10. The fraction of sp³-hybridized carbons (Fsp3) is 0.667. The van der Waals surface area contributed by atoms with Gasteiger partial charge in [-0.15, -0.1) is 0 Å². The highest BCUT2D eigenvalue weighted by Gasteiger charge is 2.15. The summed E-state index contributed by atoms with van der Waals surface area (Å²) in [6.07, 6.45) is 2.57. The van der Waals surface area contributed by atoms with E-state index in [1.54, 1.807) is 0 Å². The molecule has 7 heteroatoms. The Morgan fingerprint density at radius 1 is 1.42 bits per heavy atom. The summed E-state index contributed by atoms with van der Waals surface area (Å²) in [6, 6.07) is 0.271. The summed E-state index contributed by atoms with van der Waals surface area (Å²) in [5.74, 6) is 6.85. The topological polar surface area (TPSA) is 79.1 Å². The number of rotatable bonds is 7. The molecule has 19 heavy (non-hydrogen) atoms. The summed E-state index contributed by atoms with van der Waals surface area (Å²) < 4.78 is 0. The summed E-state index contributed by atoms with van der Waals surface area (Å²) in [5.41, 5.74) is 2.42. The predicted octanol–water partition coefficient (Wildman–Crippen LogP) is 1.80. The second-order valence-corrected chi connectivity index (χ2v) is 5.67. The standard InChI is InChI=1S/C12H23ClN6/c1-8(2)5-9(7-19(3)4)16-11-10(13)6-15-12(17-11)18-14/h6,8-9H,5,7,14H2,1-4H3,(H2,15,16,17,18). The molecule has 1 heterocycles. The molecule has 108 valence electrons. The van der Waals surface area contributed by atoms with Crippen LogP contribution in [0.5, 0.6) is 0 Å². The van der Waals surface area contributed by atoms with Gasteiger partial charge in [-0.2, -0.15) is 4.98 Å². The maximum absolute atomic E-state index is 6.10. The smallest absolute Gasteiger partial charge is 0.239 e. The van der Waals surface area contributed by atoms with E-state index in [0.717, 1.165) is 13.0 Å². The Morgan fingerprint density at radius 2 is 2.11 bits per heavy atom. The average Bonchev–Trinajstić information content (AvgIpc) is 2.30. The van der Waals surface area contributed by atoms with Crippen molar-refractivity contribution in [2.75, 3.05) is 31.4 Å². The average molecular weight is 287 g/mol. The van der Waals surface area contributed by atoms with Crippen LogP contribution in [-0.4, -0.2) is 41.5 Å². The quantitative estimate of drug-likeness (QED) is 0.524. The molecule has 1 aromatic heterocycles. The van der Waals surface area contributed by atoms with Gasteiger partial charge in [0, 0.05) is 12.6 Å². The summed E-state index contributed by atoms with van der Waals surface area (Å²) in [7, 11) is 4.09. The zero-order valence-corrected chi connectivity index (χ0v) is 12.7. The van der Waals surface area contributed by atoms with Crippen molar-refractivity contribution < 1.29 is 0 Å². The van der Waals surface area contributed by atoms with E-state index in [2.05, 4.69) is 39.5 Å². The van der Waals surface area contributed by atoms with Gasteiger partial charge < -0.3 is 10.2 Å². The Balaban J connectivity index is 2.82. The van der Waals surface area contributed by atoms with E-state index in [1.807, 2.05) is 14.1 Å². The van der Waals surface area contributed by atoms with Gasteiger partial charge in [-0.3, -0.25) is 5.43 Å². The van der Waals surface area contributed by atoms with Crippen molar-refractivity contribution in [2.45, 2.75) is 26.3 Å². The Morgan fingerprint density at radius 3 is 2.63 bits per heavy atom. The molecule has 0 aliphatic heterocycles. The summed E-state index contributed by atoms with van der Waals surface area (Å²) in [5, 5.41) is 3.86. The molecule has 0 bridgehead atoms. The Labute approximate surface area is 119 Å². The van der Waals surface area contributed by atoms with Gasteiger partial charge in [0.15, 0.2) is 5.82 Å². The van der Waals surface area contributed by atoms with Crippen LogP contribution in [0, 0.1) is 5.92 Å². The molecule has 0 aliphatic carbocycles. The highest BCUT2D eigenvalue weighted by Crippen LogP contribution is 2.21. The number of anilines is 2. The van der Waals surface area contributed by atoms with E-state index in [-0.39, 0.29) is 6.04 Å². The number of nitrogens with two attached hydrogens (primary N) is 1. The number of aromatic nitrogens is 2. The lowest BCUT2D eigenvalue weighted by atomic mass is 10.0. The molecular formula is C12H23ClN6. The molecule has 0 amide bonds. The Hall–Kier alpha value is -1.11. The van der Waals surface area contributed by atoms with E-state index in [0.29, 0.717) is 22.7 Å². The van der Waals surface area contributed by atoms with E-state index in [9.17, 15) is 0 Å². The molecule has 1 unspecified atom stereocenters. The first kappa shape index (κ1) is 15.9. The van der Waals surface area contributed by atoms with Crippen LogP contribution in [0.4, 0.5) is 11.8 Å². The molecular weight excluding hydrogens is 264 g/mol. The van der Waals surface area contributed by atoms with Crippen molar-refractivity contribution in [3.8, 4) is 0 Å². The minimum absolute atomic E-state index is 0.271. The molecule has 0 aliphatic rings. The van der Waals surface area contributed by atoms with Crippen molar-refractivity contribution in [1.82, 2.24) is 14.9 Å². The molecule has 1 rings (SSSR count). The van der Waals surface area contributed by atoms with Crippen LogP contribution in [0.1, 0.15) is 20.3 Å². The van der Waals surface area contributed by atoms with Gasteiger partial charge in [0.25, 0.3) is 0 Å². The molecule has 0 spiro atoms. The summed E-state index contributed by atoms with van der Waals surface area (Å²) in [4.78, 5) is 10.3. The number of likely N-dealkylation sites (N-methyl/N-ethyl adjacent to an activating group) is 1. The molecule has 0 saturated carbocycles. The molecule has 6 nitrogen and oxygen atoms in total. The number of hydrazine groups is 1. The number of nitrogen functional groups attached to an aromatic ring is 1. The normalized spacial score (nSPS) is 12.8. The zero-order valence-electron chi connectivity index (χ0n) is 11.9. The fourth-order valence-electron chi connectivity index (χ4n) is 1.92. The second kappa shape index (κ2) is 7.47. The largest absolute Gasteiger partial charge is 0.365 e. The molecule has 0 fully saturated rings. The highest BCUT2D eigenvalue weighted by atomic mass is 35.5. The second-order valence-electron chi connectivity index (χ2n) is 5.27. The van der Waals surface area contributed by atoms with Crippen molar-refractivity contribution in [1.29, 1.82) is 0 Å². The third-order valence-electron chi connectivity index (χ3n) is 2.56. The van der Waals surface area contributed by atoms with Crippen LogP contribution >= 0.6 is 11.6 Å². The summed E-state index contributed by atoms with van der Waals surface area (Å²) >= 11 is 6.10. The first-order valence-electron chi connectivity index (χ1n) is 6.32. The Bertz CT molecular complexity index is 386. The third-order valence-corrected chi connectivity index (χ3v) is 2.83.